The predicted octanol–water partition coefficient (Wildman–Crippen LogP) is 1.37. The topological polar surface area (TPSA) is 118 Å². The van der Waals surface area contributed by atoms with Crippen LogP contribution in [0.25, 0.3) is 0 Å². The number of aliphatic hydroxyl groups is 4. The van der Waals surface area contributed by atoms with Gasteiger partial charge in [-0.3, -0.25) is 0 Å². The van der Waals surface area contributed by atoms with Gasteiger partial charge in [0.2, 0.25) is 5.79 Å². The molecule has 0 spiro atoms. The van der Waals surface area contributed by atoms with Crippen LogP contribution in [0.2, 0.25) is 5.02 Å². The third-order valence-corrected chi connectivity index (χ3v) is 6.58. The van der Waals surface area contributed by atoms with E-state index in [4.69, 9.17) is 30.5 Å². The van der Waals surface area contributed by atoms with Crippen LogP contribution in [-0.2, 0) is 26.4 Å². The normalized spacial score (nSPS) is 32.1. The highest BCUT2D eigenvalue weighted by Gasteiger charge is 2.55. The van der Waals surface area contributed by atoms with Crippen LogP contribution in [0.4, 0.5) is 0 Å². The second-order valence-electron chi connectivity index (χ2n) is 8.37. The Kier molecular flexibility index (Phi) is 7.57. The number of ether oxygens (including phenoxy) is 4. The van der Waals surface area contributed by atoms with E-state index >= 15 is 0 Å². The van der Waals surface area contributed by atoms with Crippen LogP contribution >= 0.6 is 11.6 Å². The molecular formula is C24H29ClO8. The Balaban J connectivity index is 1.57. The smallest absolute Gasteiger partial charge is 0.224 e. The molecule has 2 aromatic carbocycles. The summed E-state index contributed by atoms with van der Waals surface area (Å²) >= 11 is 6.45. The Morgan fingerprint density at radius 1 is 1.09 bits per heavy atom. The van der Waals surface area contributed by atoms with Crippen LogP contribution in [0.1, 0.15) is 23.1 Å². The summed E-state index contributed by atoms with van der Waals surface area (Å²) in [6, 6.07) is 12.7. The van der Waals surface area contributed by atoms with Crippen molar-refractivity contribution in [2.45, 2.75) is 49.1 Å². The Morgan fingerprint density at radius 3 is 2.48 bits per heavy atom. The van der Waals surface area contributed by atoms with Gasteiger partial charge >= 0.3 is 0 Å². The highest BCUT2D eigenvalue weighted by atomic mass is 35.5. The van der Waals surface area contributed by atoms with E-state index < -0.39 is 36.8 Å². The number of benzene rings is 2. The van der Waals surface area contributed by atoms with E-state index in [0.717, 1.165) is 23.3 Å². The van der Waals surface area contributed by atoms with Crippen molar-refractivity contribution in [2.75, 3.05) is 26.9 Å². The minimum atomic E-state index is -1.79. The molecule has 4 rings (SSSR count). The van der Waals surface area contributed by atoms with E-state index in [1.807, 2.05) is 24.3 Å². The monoisotopic (exact) mass is 480 g/mol. The number of halogens is 1. The van der Waals surface area contributed by atoms with Gasteiger partial charge in [0, 0.05) is 24.1 Å². The first-order valence-corrected chi connectivity index (χ1v) is 11.3. The molecule has 0 aliphatic carbocycles. The van der Waals surface area contributed by atoms with Gasteiger partial charge in [0.15, 0.2) is 0 Å². The van der Waals surface area contributed by atoms with E-state index in [0.29, 0.717) is 30.2 Å². The number of aliphatic hydroxyl groups excluding tert-OH is 4. The van der Waals surface area contributed by atoms with Crippen molar-refractivity contribution in [1.82, 2.24) is 0 Å². The molecule has 0 amide bonds. The fourth-order valence-electron chi connectivity index (χ4n) is 4.30. The average molecular weight is 481 g/mol. The number of hydrogen-bond acceptors (Lipinski definition) is 8. The summed E-state index contributed by atoms with van der Waals surface area (Å²) in [7, 11) is 1.32. The predicted molar refractivity (Wildman–Crippen MR) is 119 cm³/mol. The first-order valence-electron chi connectivity index (χ1n) is 10.9. The Labute approximate surface area is 197 Å². The molecule has 2 fully saturated rings. The van der Waals surface area contributed by atoms with E-state index in [1.165, 1.54) is 7.11 Å². The van der Waals surface area contributed by atoms with Gasteiger partial charge in [0.1, 0.15) is 36.3 Å². The summed E-state index contributed by atoms with van der Waals surface area (Å²) in [5, 5.41) is 41.3. The van der Waals surface area contributed by atoms with Gasteiger partial charge in [0.25, 0.3) is 0 Å². The molecule has 1 unspecified atom stereocenters. The van der Waals surface area contributed by atoms with Crippen molar-refractivity contribution >= 4 is 11.6 Å². The van der Waals surface area contributed by atoms with Crippen LogP contribution < -0.4 is 4.74 Å². The molecule has 2 saturated heterocycles. The molecule has 6 atom stereocenters. The molecule has 180 valence electrons. The lowest BCUT2D eigenvalue weighted by molar-refractivity contribution is -0.366. The molecule has 8 nitrogen and oxygen atoms in total. The Morgan fingerprint density at radius 2 is 1.85 bits per heavy atom. The summed E-state index contributed by atoms with van der Waals surface area (Å²) in [6.07, 6.45) is -4.33. The van der Waals surface area contributed by atoms with Crippen molar-refractivity contribution < 1.29 is 39.4 Å². The molecule has 4 N–H and O–H groups in total. The third kappa shape index (κ3) is 4.89. The number of rotatable bonds is 7. The Hall–Kier alpha value is -1.75. The molecule has 2 aliphatic rings. The maximum absolute atomic E-state index is 10.7. The standard InChI is InChI=1S/C24H29ClO8/c1-30-24(23(29)22(28)21(27)20(12-26)33-24)16-4-7-19(25)15(11-16)10-14-2-5-17(6-3-14)32-18-8-9-31-13-18/h2-7,11,18,20-23,26-29H,8-10,12-13H2,1H3/t18-,20-,21-,22+,23-,24?/m1/s1. The van der Waals surface area contributed by atoms with Gasteiger partial charge < -0.3 is 39.4 Å². The quantitative estimate of drug-likeness (QED) is 0.469. The van der Waals surface area contributed by atoms with Crippen molar-refractivity contribution in [2.24, 2.45) is 0 Å². The van der Waals surface area contributed by atoms with Crippen molar-refractivity contribution in [3.63, 3.8) is 0 Å². The van der Waals surface area contributed by atoms with Crippen LogP contribution in [0.5, 0.6) is 5.75 Å². The van der Waals surface area contributed by atoms with E-state index in [-0.39, 0.29) is 6.10 Å². The first-order chi connectivity index (χ1) is 15.9. The molecule has 33 heavy (non-hydrogen) atoms. The van der Waals surface area contributed by atoms with Gasteiger partial charge in [-0.2, -0.15) is 0 Å². The summed E-state index contributed by atoms with van der Waals surface area (Å²) < 4.78 is 22.5. The highest BCUT2D eigenvalue weighted by Crippen LogP contribution is 2.40. The largest absolute Gasteiger partial charge is 0.488 e. The third-order valence-electron chi connectivity index (χ3n) is 6.21. The second kappa shape index (κ2) is 10.2. The van der Waals surface area contributed by atoms with Crippen molar-refractivity contribution in [3.05, 3.63) is 64.2 Å². The fourth-order valence-corrected chi connectivity index (χ4v) is 4.48. The summed E-state index contributed by atoms with van der Waals surface area (Å²) in [5.41, 5.74) is 2.15. The molecule has 0 aromatic heterocycles. The summed E-state index contributed by atoms with van der Waals surface area (Å²) in [4.78, 5) is 0. The molecule has 0 bridgehead atoms. The van der Waals surface area contributed by atoms with Crippen molar-refractivity contribution in [1.29, 1.82) is 0 Å². The zero-order valence-corrected chi connectivity index (χ0v) is 19.0. The molecule has 2 heterocycles. The van der Waals surface area contributed by atoms with Gasteiger partial charge in [-0.15, -0.1) is 0 Å². The lowest BCUT2D eigenvalue weighted by Crippen LogP contribution is -2.64. The van der Waals surface area contributed by atoms with Gasteiger partial charge in [-0.05, 0) is 41.8 Å². The summed E-state index contributed by atoms with van der Waals surface area (Å²) in [6.45, 7) is 0.758. The molecule has 0 radical (unpaired) electrons. The summed E-state index contributed by atoms with van der Waals surface area (Å²) in [5.74, 6) is -1.01. The van der Waals surface area contributed by atoms with Crippen LogP contribution in [0.15, 0.2) is 42.5 Å². The van der Waals surface area contributed by atoms with Crippen LogP contribution in [-0.4, -0.2) is 77.9 Å². The molecule has 0 saturated carbocycles. The van der Waals surface area contributed by atoms with Gasteiger partial charge in [-0.1, -0.05) is 29.8 Å². The lowest BCUT2D eigenvalue weighted by atomic mass is 9.87. The number of hydrogen-bond donors (Lipinski definition) is 4. The van der Waals surface area contributed by atoms with Crippen molar-refractivity contribution in [3.8, 4) is 5.75 Å². The number of methoxy groups -OCH3 is 1. The van der Waals surface area contributed by atoms with E-state index in [2.05, 4.69) is 0 Å². The van der Waals surface area contributed by atoms with Gasteiger partial charge in [-0.25, -0.2) is 0 Å². The zero-order chi connectivity index (χ0) is 23.6. The highest BCUT2D eigenvalue weighted by molar-refractivity contribution is 6.31. The Bertz CT molecular complexity index is 931. The average Bonchev–Trinajstić information content (AvgIpc) is 3.34. The van der Waals surface area contributed by atoms with Crippen LogP contribution in [0, 0.1) is 0 Å². The molecular weight excluding hydrogens is 452 g/mol. The maximum Gasteiger partial charge on any atom is 0.224 e. The minimum Gasteiger partial charge on any atom is -0.488 e. The fraction of sp³-hybridized carbons (Fsp3) is 0.500. The van der Waals surface area contributed by atoms with Gasteiger partial charge in [0.05, 0.1) is 19.8 Å². The molecule has 2 aliphatic heterocycles. The minimum absolute atomic E-state index is 0.0748. The second-order valence-corrected chi connectivity index (χ2v) is 8.77. The lowest BCUT2D eigenvalue weighted by Gasteiger charge is -2.47. The van der Waals surface area contributed by atoms with E-state index in [9.17, 15) is 20.4 Å². The van der Waals surface area contributed by atoms with Crippen LogP contribution in [0.3, 0.4) is 0 Å². The first kappa shape index (κ1) is 24.4. The molecule has 9 heteroatoms. The SMILES string of the molecule is COC1(c2ccc(Cl)c(Cc3ccc(O[C@@H]4CCOC4)cc3)c2)O[C@H](CO)[C@@H](O)[C@H](O)[C@H]1O. The van der Waals surface area contributed by atoms with E-state index in [1.54, 1.807) is 18.2 Å². The zero-order valence-electron chi connectivity index (χ0n) is 18.3. The maximum atomic E-state index is 10.7. The molecule has 2 aromatic rings.